The summed E-state index contributed by atoms with van der Waals surface area (Å²) < 4.78 is 7.31. The molecular weight excluding hydrogens is 654 g/mol. The molecule has 0 aromatic carbocycles. The van der Waals surface area contributed by atoms with E-state index in [9.17, 15) is 30.0 Å². The highest BCUT2D eigenvalue weighted by Gasteiger charge is 2.48. The van der Waals surface area contributed by atoms with Gasteiger partial charge in [0.15, 0.2) is 0 Å². The molecule has 4 heterocycles. The van der Waals surface area contributed by atoms with Gasteiger partial charge in [0.2, 0.25) is 11.9 Å². The third-order valence-electron chi connectivity index (χ3n) is 9.22. The number of amides is 2. The smallest absolute Gasteiger partial charge is 0.252 e. The minimum absolute atomic E-state index is 0.00680. The lowest BCUT2D eigenvalue weighted by Crippen LogP contribution is -2.59. The number of nitrogens with zero attached hydrogens (tertiary/aromatic N) is 7. The molecule has 2 atom stereocenters. The van der Waals surface area contributed by atoms with Gasteiger partial charge in [0, 0.05) is 77.2 Å². The molecule has 5 rings (SSSR count). The normalized spacial score (nSPS) is 24.6. The monoisotopic (exact) mass is 705 g/mol. The quantitative estimate of drug-likeness (QED) is 0.0789. The Labute approximate surface area is 290 Å². The van der Waals surface area contributed by atoms with Gasteiger partial charge in [-0.15, -0.1) is 5.10 Å². The Morgan fingerprint density at radius 1 is 1.00 bits per heavy atom. The van der Waals surface area contributed by atoms with Crippen molar-refractivity contribution in [2.24, 2.45) is 0 Å². The largest absolute Gasteiger partial charge is 0.395 e. The van der Waals surface area contributed by atoms with Gasteiger partial charge in [0.05, 0.1) is 44.8 Å². The number of anilines is 3. The number of nitrogens with one attached hydrogen (secondary N) is 4. The summed E-state index contributed by atoms with van der Waals surface area (Å²) in [6.07, 6.45) is -0.945. The van der Waals surface area contributed by atoms with Crippen LogP contribution in [-0.2, 0) is 27.4 Å². The molecule has 2 aromatic rings. The third kappa shape index (κ3) is 10.4. The van der Waals surface area contributed by atoms with Crippen molar-refractivity contribution in [3.8, 4) is 0 Å². The molecule has 0 bridgehead atoms. The summed E-state index contributed by atoms with van der Waals surface area (Å²) >= 11 is 0. The minimum atomic E-state index is -2.03. The van der Waals surface area contributed by atoms with E-state index in [1.807, 2.05) is 12.3 Å². The Bertz CT molecular complexity index is 1370. The van der Waals surface area contributed by atoms with Crippen molar-refractivity contribution >= 4 is 29.4 Å². The molecule has 3 aliphatic rings. The second kappa shape index (κ2) is 18.0. The number of hydrogen-bond donors (Lipinski definition) is 9. The minimum Gasteiger partial charge on any atom is -0.395 e. The van der Waals surface area contributed by atoms with E-state index < -0.39 is 42.7 Å². The van der Waals surface area contributed by atoms with Crippen LogP contribution < -0.4 is 26.2 Å². The number of piperidine rings is 1. The van der Waals surface area contributed by atoms with E-state index in [0.717, 1.165) is 24.5 Å². The van der Waals surface area contributed by atoms with Crippen molar-refractivity contribution in [2.75, 3.05) is 81.2 Å². The van der Waals surface area contributed by atoms with E-state index in [-0.39, 0.29) is 31.5 Å². The molecule has 2 amide bonds. The summed E-state index contributed by atoms with van der Waals surface area (Å²) in [6.45, 7) is 6.23. The maximum Gasteiger partial charge on any atom is 0.252 e. The molecular formula is C31H51N11O8. The lowest BCUT2D eigenvalue weighted by atomic mass is 9.79. The van der Waals surface area contributed by atoms with Gasteiger partial charge < -0.3 is 61.3 Å². The Morgan fingerprint density at radius 3 is 2.46 bits per heavy atom. The number of morpholine rings is 1. The summed E-state index contributed by atoms with van der Waals surface area (Å²) in [7, 11) is 0. The molecule has 50 heavy (non-hydrogen) atoms. The summed E-state index contributed by atoms with van der Waals surface area (Å²) in [4.78, 5) is 38.9. The van der Waals surface area contributed by atoms with Crippen LogP contribution in [0, 0.1) is 0 Å². The molecule has 2 aromatic heterocycles. The van der Waals surface area contributed by atoms with Crippen molar-refractivity contribution in [2.45, 2.75) is 81.6 Å². The number of carbonyl (C=O) groups is 2. The fraction of sp³-hybridized carbons (Fsp3) is 0.742. The first-order valence-electron chi connectivity index (χ1n) is 17.4. The van der Waals surface area contributed by atoms with Gasteiger partial charge in [0.25, 0.3) is 5.91 Å². The second-order valence-corrected chi connectivity index (χ2v) is 13.1. The number of hydrogen-bond acceptors (Lipinski definition) is 16. The highest BCUT2D eigenvalue weighted by atomic mass is 16.5. The van der Waals surface area contributed by atoms with Crippen molar-refractivity contribution in [1.29, 1.82) is 0 Å². The highest BCUT2D eigenvalue weighted by Crippen LogP contribution is 2.29. The Morgan fingerprint density at radius 2 is 1.74 bits per heavy atom. The van der Waals surface area contributed by atoms with Crippen LogP contribution in [0.15, 0.2) is 12.3 Å². The van der Waals surface area contributed by atoms with Crippen LogP contribution in [0.3, 0.4) is 0 Å². The summed E-state index contributed by atoms with van der Waals surface area (Å²) in [5.74, 6) is 0.970. The Kier molecular flexibility index (Phi) is 13.5. The molecule has 19 nitrogen and oxygen atoms in total. The molecule has 1 aliphatic carbocycles. The maximum absolute atomic E-state index is 12.9. The Balaban J connectivity index is 1.10. The van der Waals surface area contributed by atoms with Crippen LogP contribution in [0.4, 0.5) is 17.6 Å². The van der Waals surface area contributed by atoms with Gasteiger partial charge in [-0.1, -0.05) is 5.21 Å². The fourth-order valence-corrected chi connectivity index (χ4v) is 6.36. The van der Waals surface area contributed by atoms with E-state index >= 15 is 0 Å². The first-order chi connectivity index (χ1) is 24.1. The summed E-state index contributed by atoms with van der Waals surface area (Å²) in [5, 5.41) is 69.9. The van der Waals surface area contributed by atoms with E-state index in [1.54, 1.807) is 9.58 Å². The number of ether oxygens (including phenoxy) is 1. The van der Waals surface area contributed by atoms with E-state index in [2.05, 4.69) is 36.5 Å². The van der Waals surface area contributed by atoms with Gasteiger partial charge in [0.1, 0.15) is 29.0 Å². The number of aryl methyl sites for hydroxylation is 1. The lowest BCUT2D eigenvalue weighted by Gasteiger charge is -2.39. The van der Waals surface area contributed by atoms with Crippen LogP contribution in [0.1, 0.15) is 44.2 Å². The predicted octanol–water partition coefficient (Wildman–Crippen LogP) is -2.99. The van der Waals surface area contributed by atoms with Gasteiger partial charge in [-0.2, -0.15) is 9.97 Å². The number of likely N-dealkylation sites (tertiary alicyclic amines) is 1. The first-order valence-corrected chi connectivity index (χ1v) is 17.4. The van der Waals surface area contributed by atoms with Crippen molar-refractivity contribution in [3.63, 3.8) is 0 Å². The fourth-order valence-electron chi connectivity index (χ4n) is 6.36. The molecule has 2 saturated heterocycles. The van der Waals surface area contributed by atoms with Crippen LogP contribution in [0.5, 0.6) is 0 Å². The zero-order valence-electron chi connectivity index (χ0n) is 28.3. The highest BCUT2D eigenvalue weighted by molar-refractivity contribution is 5.86. The zero-order valence-corrected chi connectivity index (χ0v) is 28.3. The number of aliphatic hydroxyl groups is 5. The van der Waals surface area contributed by atoms with Gasteiger partial charge in [-0.3, -0.25) is 14.3 Å². The molecule has 1 saturated carbocycles. The molecule has 3 fully saturated rings. The molecule has 2 unspecified atom stereocenters. The molecule has 19 heteroatoms. The Hall–Kier alpha value is -3.72. The summed E-state index contributed by atoms with van der Waals surface area (Å²) in [5.41, 5.74) is -1.27. The molecule has 2 aliphatic heterocycles. The van der Waals surface area contributed by atoms with Gasteiger partial charge in [-0.05, 0) is 25.8 Å². The van der Waals surface area contributed by atoms with Crippen molar-refractivity contribution < 1.29 is 39.9 Å². The predicted molar refractivity (Wildman–Crippen MR) is 180 cm³/mol. The second-order valence-electron chi connectivity index (χ2n) is 13.1. The van der Waals surface area contributed by atoms with Gasteiger partial charge in [-0.25, -0.2) is 0 Å². The topological polar surface area (TPSA) is 256 Å². The number of aromatic nitrogens is 5. The standard InChI is InChI=1S/C31H51N11O8/c43-13-7-32-5-1-8-42-20-22(38-39-42)19-34-30-36-25(16-26(37-30)40-11-14-50-15-12-40)35-21-3-9-41(10-4-21)27(46)2-6-33-29(48)31(49)17-23(44)28(47)24(45)18-31/h16,20-21,23-24,28,32,43-45,47,49H,1-15,17-19H2,(H,33,48)(H2,34,35,36,37). The average molecular weight is 706 g/mol. The van der Waals surface area contributed by atoms with Crippen LogP contribution >= 0.6 is 0 Å². The van der Waals surface area contributed by atoms with Crippen molar-refractivity contribution in [3.05, 3.63) is 18.0 Å². The maximum atomic E-state index is 12.9. The van der Waals surface area contributed by atoms with Crippen LogP contribution in [0.25, 0.3) is 0 Å². The molecule has 0 radical (unpaired) electrons. The lowest BCUT2D eigenvalue weighted by molar-refractivity contribution is -0.172. The van der Waals surface area contributed by atoms with E-state index in [1.165, 1.54) is 0 Å². The third-order valence-corrected chi connectivity index (χ3v) is 9.22. The molecule has 0 spiro atoms. The number of carbonyl (C=O) groups excluding carboxylic acids is 2. The summed E-state index contributed by atoms with van der Waals surface area (Å²) in [6, 6.07) is 2.00. The van der Waals surface area contributed by atoms with Crippen LogP contribution in [0.2, 0.25) is 0 Å². The van der Waals surface area contributed by atoms with E-state index in [4.69, 9.17) is 19.8 Å². The zero-order chi connectivity index (χ0) is 35.5. The number of rotatable bonds is 16. The van der Waals surface area contributed by atoms with Crippen molar-refractivity contribution in [1.82, 2.24) is 40.5 Å². The average Bonchev–Trinajstić information content (AvgIpc) is 3.57. The first kappa shape index (κ1) is 37.5. The van der Waals surface area contributed by atoms with Crippen LogP contribution in [-0.4, -0.2) is 163 Å². The van der Waals surface area contributed by atoms with E-state index in [0.29, 0.717) is 83.6 Å². The van der Waals surface area contributed by atoms with Gasteiger partial charge >= 0.3 is 0 Å². The molecule has 278 valence electrons. The SMILES string of the molecule is O=C(CCNC(=O)C1(O)CC(O)C(O)C(O)C1)N1CCC(Nc2cc(N3CCOCC3)nc(NCc3cn(CCCNCCO)nn3)n2)CC1. The number of aliphatic hydroxyl groups excluding tert-OH is 4. The molecule has 9 N–H and O–H groups in total.